The first kappa shape index (κ1) is 23.4. The normalized spacial score (nSPS) is 15.4. The highest BCUT2D eigenvalue weighted by molar-refractivity contribution is 6.19. The summed E-state index contributed by atoms with van der Waals surface area (Å²) in [6, 6.07) is 20.0. The van der Waals surface area contributed by atoms with E-state index >= 15 is 0 Å². The molecule has 4 heterocycles. The van der Waals surface area contributed by atoms with Gasteiger partial charge in [-0.05, 0) is 47.9 Å². The van der Waals surface area contributed by atoms with Crippen LogP contribution in [0.1, 0.15) is 32.0 Å². The molecule has 8 heteroatoms. The number of nitrogens with one attached hydrogen (secondary N) is 1. The number of carbonyl (C=O) groups excluding carboxylic acids is 2. The van der Waals surface area contributed by atoms with Crippen LogP contribution in [0.3, 0.4) is 0 Å². The van der Waals surface area contributed by atoms with Crippen molar-refractivity contribution in [3.8, 4) is 11.1 Å². The summed E-state index contributed by atoms with van der Waals surface area (Å²) in [7, 11) is 0. The van der Waals surface area contributed by atoms with Gasteiger partial charge in [-0.2, -0.15) is 0 Å². The highest BCUT2D eigenvalue weighted by Gasteiger charge is 2.30. The molecule has 1 fully saturated rings. The molecule has 3 aromatic carbocycles. The van der Waals surface area contributed by atoms with Crippen LogP contribution < -0.4 is 15.5 Å². The second-order valence-corrected chi connectivity index (χ2v) is 10.1. The first-order valence-corrected chi connectivity index (χ1v) is 13.1. The second kappa shape index (κ2) is 8.96. The number of carbonyl (C=O) groups is 2. The lowest BCUT2D eigenvalue weighted by molar-refractivity contribution is 0.0988. The smallest absolute Gasteiger partial charge is 0.269 e. The van der Waals surface area contributed by atoms with Crippen molar-refractivity contribution >= 4 is 45.0 Å². The van der Waals surface area contributed by atoms with E-state index in [2.05, 4.69) is 33.1 Å². The van der Waals surface area contributed by atoms with Gasteiger partial charge in [0.05, 0.1) is 25.3 Å². The monoisotopic (exact) mass is 517 g/mol. The number of nitrogens with zero attached hydrogens (tertiary/aromatic N) is 3. The Bertz CT molecular complexity index is 1800. The second-order valence-electron chi connectivity index (χ2n) is 10.1. The molecule has 1 saturated heterocycles. The Kier molecular flexibility index (Phi) is 5.38. The van der Waals surface area contributed by atoms with E-state index < -0.39 is 5.91 Å². The molecule has 0 atom stereocenters. The molecule has 0 aliphatic carbocycles. The summed E-state index contributed by atoms with van der Waals surface area (Å²) in [4.78, 5) is 37.7. The summed E-state index contributed by atoms with van der Waals surface area (Å²) in [5.41, 5.74) is 14.0. The highest BCUT2D eigenvalue weighted by atomic mass is 16.5. The number of anilines is 2. The first-order chi connectivity index (χ1) is 19.0. The lowest BCUT2D eigenvalue weighted by Crippen LogP contribution is -2.36. The maximum absolute atomic E-state index is 13.3. The molecular formula is C31H27N5O3. The number of pyridine rings is 1. The van der Waals surface area contributed by atoms with E-state index in [9.17, 15) is 9.59 Å². The van der Waals surface area contributed by atoms with Crippen molar-refractivity contribution < 1.29 is 14.3 Å². The molecule has 0 spiro atoms. The molecule has 194 valence electrons. The number of nitrogens with two attached hydrogens (primary N) is 1. The number of fused-ring (bicyclic) bond motifs is 4. The molecule has 3 N–H and O–H groups in total. The zero-order valence-corrected chi connectivity index (χ0v) is 21.5. The van der Waals surface area contributed by atoms with Crippen LogP contribution in [-0.2, 0) is 11.3 Å². The van der Waals surface area contributed by atoms with Gasteiger partial charge in [0, 0.05) is 58.1 Å². The maximum atomic E-state index is 13.3. The minimum Gasteiger partial charge on any atom is -0.378 e. The van der Waals surface area contributed by atoms with Crippen molar-refractivity contribution in [2.24, 2.45) is 5.73 Å². The lowest BCUT2D eigenvalue weighted by atomic mass is 9.95. The van der Waals surface area contributed by atoms with E-state index in [1.807, 2.05) is 54.3 Å². The fourth-order valence-electron chi connectivity index (χ4n) is 5.97. The fraction of sp³-hybridized carbons (Fsp3) is 0.194. The molecule has 5 aromatic rings. The third-order valence-corrected chi connectivity index (χ3v) is 7.93. The third-order valence-electron chi connectivity index (χ3n) is 7.93. The standard InChI is InChI=1S/C31H27N5O3/c1-18-21(7-4-8-26(18)36-17-19-5-2-3-6-22(19)31(36)38)24-16-33-29(30(32)37)28-27(24)23-10-9-20(15-25(23)34-28)35-11-13-39-14-12-35/h2-10,15-16,34H,11-14,17H2,1H3,(H2,32,37). The van der Waals surface area contributed by atoms with E-state index in [0.29, 0.717) is 25.3 Å². The van der Waals surface area contributed by atoms with Gasteiger partial charge in [-0.15, -0.1) is 0 Å². The number of morpholine rings is 1. The molecule has 0 unspecified atom stereocenters. The predicted molar refractivity (Wildman–Crippen MR) is 152 cm³/mol. The minimum atomic E-state index is -0.586. The zero-order chi connectivity index (χ0) is 26.7. The Morgan fingerprint density at radius 3 is 2.59 bits per heavy atom. The maximum Gasteiger partial charge on any atom is 0.269 e. The van der Waals surface area contributed by atoms with Gasteiger partial charge in [-0.3, -0.25) is 9.59 Å². The number of hydrogen-bond donors (Lipinski definition) is 2. The number of aromatic nitrogens is 2. The Labute approximate surface area is 225 Å². The zero-order valence-electron chi connectivity index (χ0n) is 21.5. The third kappa shape index (κ3) is 3.67. The molecule has 2 aliphatic rings. The molecule has 2 aromatic heterocycles. The van der Waals surface area contributed by atoms with Crippen LogP contribution in [0, 0.1) is 6.92 Å². The predicted octanol–water partition coefficient (Wildman–Crippen LogP) is 4.79. The summed E-state index contributed by atoms with van der Waals surface area (Å²) >= 11 is 0. The molecule has 2 aliphatic heterocycles. The molecule has 39 heavy (non-hydrogen) atoms. The van der Waals surface area contributed by atoms with Gasteiger partial charge in [0.1, 0.15) is 0 Å². The van der Waals surface area contributed by atoms with E-state index in [4.69, 9.17) is 10.5 Å². The summed E-state index contributed by atoms with van der Waals surface area (Å²) in [5, 5.41) is 1.87. The van der Waals surface area contributed by atoms with Gasteiger partial charge in [-0.1, -0.05) is 36.4 Å². The number of rotatable bonds is 4. The van der Waals surface area contributed by atoms with Crippen LogP contribution in [0.2, 0.25) is 0 Å². The Morgan fingerprint density at radius 1 is 1.00 bits per heavy atom. The lowest BCUT2D eigenvalue weighted by Gasteiger charge is -2.28. The average Bonchev–Trinajstić information content (AvgIpc) is 3.51. The van der Waals surface area contributed by atoms with E-state index in [-0.39, 0.29) is 11.6 Å². The Hall–Kier alpha value is -4.69. The molecular weight excluding hydrogens is 490 g/mol. The van der Waals surface area contributed by atoms with Gasteiger partial charge in [0.25, 0.3) is 11.8 Å². The Balaban J connectivity index is 1.39. The average molecular weight is 518 g/mol. The van der Waals surface area contributed by atoms with Crippen LogP contribution >= 0.6 is 0 Å². The van der Waals surface area contributed by atoms with Crippen LogP contribution in [0.15, 0.2) is 66.9 Å². The number of amides is 2. The SMILES string of the molecule is Cc1c(-c2cnc(C(N)=O)c3[nH]c4cc(N5CCOCC5)ccc4c23)cccc1N1Cc2ccccc2C1=O. The number of primary amides is 1. The van der Waals surface area contributed by atoms with E-state index in [1.165, 1.54) is 0 Å². The number of benzene rings is 3. The summed E-state index contributed by atoms with van der Waals surface area (Å²) in [6.07, 6.45) is 1.72. The van der Waals surface area contributed by atoms with Crippen molar-refractivity contribution in [1.82, 2.24) is 9.97 Å². The summed E-state index contributed by atoms with van der Waals surface area (Å²) in [5.74, 6) is -0.585. The largest absolute Gasteiger partial charge is 0.378 e. The van der Waals surface area contributed by atoms with Crippen LogP contribution in [0.5, 0.6) is 0 Å². The molecule has 0 radical (unpaired) electrons. The van der Waals surface area contributed by atoms with Gasteiger partial charge in [-0.25, -0.2) is 4.98 Å². The summed E-state index contributed by atoms with van der Waals surface area (Å²) in [6.45, 7) is 5.62. The van der Waals surface area contributed by atoms with E-state index in [1.54, 1.807) is 6.20 Å². The molecule has 0 saturated carbocycles. The van der Waals surface area contributed by atoms with Gasteiger partial charge in [0.15, 0.2) is 5.69 Å². The number of H-pyrrole nitrogens is 1. The molecule has 8 nitrogen and oxygen atoms in total. The van der Waals surface area contributed by atoms with Crippen LogP contribution in [0.25, 0.3) is 32.9 Å². The minimum absolute atomic E-state index is 0.000865. The van der Waals surface area contributed by atoms with Crippen molar-refractivity contribution in [2.45, 2.75) is 13.5 Å². The molecule has 2 amide bonds. The molecule has 0 bridgehead atoms. The quantitative estimate of drug-likeness (QED) is 0.357. The highest BCUT2D eigenvalue weighted by Crippen LogP contribution is 2.41. The van der Waals surface area contributed by atoms with Crippen molar-refractivity contribution in [3.63, 3.8) is 0 Å². The summed E-state index contributed by atoms with van der Waals surface area (Å²) < 4.78 is 5.51. The number of aromatic amines is 1. The topological polar surface area (TPSA) is 105 Å². The van der Waals surface area contributed by atoms with Gasteiger partial charge in [0.2, 0.25) is 0 Å². The van der Waals surface area contributed by atoms with Crippen molar-refractivity contribution in [3.05, 3.63) is 89.2 Å². The van der Waals surface area contributed by atoms with Crippen molar-refractivity contribution in [1.29, 1.82) is 0 Å². The first-order valence-electron chi connectivity index (χ1n) is 13.1. The van der Waals surface area contributed by atoms with Crippen LogP contribution in [-0.4, -0.2) is 48.1 Å². The van der Waals surface area contributed by atoms with Crippen molar-refractivity contribution in [2.75, 3.05) is 36.1 Å². The Morgan fingerprint density at radius 2 is 1.79 bits per heavy atom. The molecule has 7 rings (SSSR count). The van der Waals surface area contributed by atoms with E-state index in [0.717, 1.165) is 68.6 Å². The fourth-order valence-corrected chi connectivity index (χ4v) is 5.97. The number of ether oxygens (including phenoxy) is 1. The van der Waals surface area contributed by atoms with Crippen LogP contribution in [0.4, 0.5) is 11.4 Å². The van der Waals surface area contributed by atoms with Gasteiger partial charge >= 0.3 is 0 Å². The van der Waals surface area contributed by atoms with Gasteiger partial charge < -0.3 is 25.3 Å². The number of hydrogen-bond acceptors (Lipinski definition) is 5.